The van der Waals surface area contributed by atoms with Gasteiger partial charge in [-0.25, -0.2) is 0 Å². The van der Waals surface area contributed by atoms with E-state index in [1.807, 2.05) is 18.2 Å². The zero-order valence-corrected chi connectivity index (χ0v) is 12.2. The summed E-state index contributed by atoms with van der Waals surface area (Å²) in [6.07, 6.45) is 1.17. The molecule has 1 aromatic carbocycles. The topological polar surface area (TPSA) is 34.4 Å². The predicted octanol–water partition coefficient (Wildman–Crippen LogP) is 3.97. The van der Waals surface area contributed by atoms with E-state index in [0.29, 0.717) is 12.0 Å². The highest BCUT2D eigenvalue weighted by Crippen LogP contribution is 2.28. The maximum absolute atomic E-state index is 5.86. The highest BCUT2D eigenvalue weighted by atomic mass is 16.5. The second-order valence-corrected chi connectivity index (χ2v) is 5.50. The molecule has 1 heterocycles. The summed E-state index contributed by atoms with van der Waals surface area (Å²) < 4.78 is 11.2. The monoisotopic (exact) mass is 261 g/mol. The van der Waals surface area contributed by atoms with Gasteiger partial charge >= 0.3 is 0 Å². The van der Waals surface area contributed by atoms with Crippen molar-refractivity contribution in [2.75, 3.05) is 7.11 Å². The summed E-state index contributed by atoms with van der Waals surface area (Å²) in [5.41, 5.74) is 0.832. The number of benzene rings is 1. The van der Waals surface area contributed by atoms with Gasteiger partial charge in [-0.2, -0.15) is 0 Å². The Morgan fingerprint density at radius 2 is 2.05 bits per heavy atom. The van der Waals surface area contributed by atoms with Crippen molar-refractivity contribution < 1.29 is 9.15 Å². The molecule has 0 aliphatic carbocycles. The van der Waals surface area contributed by atoms with Gasteiger partial charge in [-0.05, 0) is 31.4 Å². The van der Waals surface area contributed by atoms with Crippen LogP contribution in [0.4, 0.5) is 0 Å². The van der Waals surface area contributed by atoms with Crippen molar-refractivity contribution in [3.63, 3.8) is 0 Å². The number of rotatable bonds is 6. The molecule has 1 N–H and O–H groups in total. The maximum atomic E-state index is 5.86. The third-order valence-electron chi connectivity index (χ3n) is 3.23. The maximum Gasteiger partial charge on any atom is 0.176 e. The lowest BCUT2D eigenvalue weighted by molar-refractivity contribution is 0.398. The Hall–Kier alpha value is -1.48. The van der Waals surface area contributed by atoms with Gasteiger partial charge in [0.1, 0.15) is 5.76 Å². The third kappa shape index (κ3) is 3.51. The number of furan rings is 1. The predicted molar refractivity (Wildman–Crippen MR) is 78.5 cm³/mol. The van der Waals surface area contributed by atoms with E-state index in [4.69, 9.17) is 9.15 Å². The van der Waals surface area contributed by atoms with E-state index in [0.717, 1.165) is 29.0 Å². The highest BCUT2D eigenvalue weighted by molar-refractivity contribution is 5.83. The summed E-state index contributed by atoms with van der Waals surface area (Å²) in [7, 11) is 1.67. The molecule has 2 aromatic rings. The van der Waals surface area contributed by atoms with Crippen LogP contribution in [-0.4, -0.2) is 13.2 Å². The van der Waals surface area contributed by atoms with Crippen molar-refractivity contribution in [2.45, 2.75) is 39.8 Å². The summed E-state index contributed by atoms with van der Waals surface area (Å²) in [6, 6.07) is 8.52. The zero-order chi connectivity index (χ0) is 13.8. The second kappa shape index (κ2) is 6.11. The molecule has 104 valence electrons. The lowest BCUT2D eigenvalue weighted by atomic mass is 10.1. The van der Waals surface area contributed by atoms with Crippen molar-refractivity contribution in [1.29, 1.82) is 0 Å². The average Bonchev–Trinajstić information content (AvgIpc) is 2.78. The molecule has 1 unspecified atom stereocenters. The van der Waals surface area contributed by atoms with Gasteiger partial charge in [0.05, 0.1) is 13.7 Å². The van der Waals surface area contributed by atoms with Crippen LogP contribution in [-0.2, 0) is 6.54 Å². The van der Waals surface area contributed by atoms with E-state index < -0.39 is 0 Å². The van der Waals surface area contributed by atoms with Gasteiger partial charge in [-0.3, -0.25) is 0 Å². The van der Waals surface area contributed by atoms with E-state index in [-0.39, 0.29) is 0 Å². The minimum atomic E-state index is 0.495. The van der Waals surface area contributed by atoms with Gasteiger partial charge in [0.15, 0.2) is 11.3 Å². The number of fused-ring (bicyclic) bond motifs is 1. The summed E-state index contributed by atoms with van der Waals surface area (Å²) in [5.74, 6) is 2.45. The molecule has 0 bridgehead atoms. The average molecular weight is 261 g/mol. The Kier molecular flexibility index (Phi) is 4.48. The fourth-order valence-corrected chi connectivity index (χ4v) is 2.40. The SMILES string of the molecule is COc1cccc2cc(CNC(C)CC(C)C)oc12. The quantitative estimate of drug-likeness (QED) is 0.854. The van der Waals surface area contributed by atoms with Crippen LogP contribution < -0.4 is 10.1 Å². The molecule has 0 aliphatic heterocycles. The first-order valence-electron chi connectivity index (χ1n) is 6.89. The highest BCUT2D eigenvalue weighted by Gasteiger charge is 2.10. The van der Waals surface area contributed by atoms with Gasteiger partial charge < -0.3 is 14.5 Å². The number of ether oxygens (including phenoxy) is 1. The van der Waals surface area contributed by atoms with Crippen LogP contribution in [0.3, 0.4) is 0 Å². The molecule has 2 rings (SSSR count). The molecule has 3 heteroatoms. The molecule has 0 radical (unpaired) electrons. The fourth-order valence-electron chi connectivity index (χ4n) is 2.40. The summed E-state index contributed by atoms with van der Waals surface area (Å²) in [5, 5.41) is 4.58. The first-order chi connectivity index (χ1) is 9.10. The molecule has 0 saturated heterocycles. The molecule has 0 saturated carbocycles. The lowest BCUT2D eigenvalue weighted by Crippen LogP contribution is -2.26. The molecule has 0 fully saturated rings. The molecular formula is C16H23NO2. The van der Waals surface area contributed by atoms with Crippen molar-refractivity contribution >= 4 is 11.0 Å². The molecule has 3 nitrogen and oxygen atoms in total. The van der Waals surface area contributed by atoms with Crippen LogP contribution in [0.2, 0.25) is 0 Å². The van der Waals surface area contributed by atoms with Gasteiger partial charge in [-0.1, -0.05) is 26.0 Å². The molecule has 0 aliphatic rings. The van der Waals surface area contributed by atoms with Crippen LogP contribution in [0.15, 0.2) is 28.7 Å². The Bertz CT molecular complexity index is 531. The third-order valence-corrected chi connectivity index (χ3v) is 3.23. The van der Waals surface area contributed by atoms with Gasteiger partial charge in [0.2, 0.25) is 0 Å². The van der Waals surface area contributed by atoms with E-state index >= 15 is 0 Å². The number of nitrogens with one attached hydrogen (secondary N) is 1. The van der Waals surface area contributed by atoms with E-state index in [1.54, 1.807) is 7.11 Å². The number of methoxy groups -OCH3 is 1. The molecular weight excluding hydrogens is 238 g/mol. The zero-order valence-electron chi connectivity index (χ0n) is 12.2. The van der Waals surface area contributed by atoms with Crippen molar-refractivity contribution in [1.82, 2.24) is 5.32 Å². The lowest BCUT2D eigenvalue weighted by Gasteiger charge is -2.14. The van der Waals surface area contributed by atoms with Crippen LogP contribution in [0, 0.1) is 5.92 Å². The van der Waals surface area contributed by atoms with Crippen LogP contribution in [0.1, 0.15) is 33.0 Å². The second-order valence-electron chi connectivity index (χ2n) is 5.50. The van der Waals surface area contributed by atoms with E-state index in [2.05, 4.69) is 32.2 Å². The summed E-state index contributed by atoms with van der Waals surface area (Å²) >= 11 is 0. The summed E-state index contributed by atoms with van der Waals surface area (Å²) in [6.45, 7) is 7.45. The minimum Gasteiger partial charge on any atom is -0.493 e. The smallest absolute Gasteiger partial charge is 0.176 e. The van der Waals surface area contributed by atoms with Crippen LogP contribution >= 0.6 is 0 Å². The molecule has 0 amide bonds. The number of hydrogen-bond acceptors (Lipinski definition) is 3. The number of para-hydroxylation sites is 1. The standard InChI is InChI=1S/C16H23NO2/c1-11(2)8-12(3)17-10-14-9-13-6-5-7-15(18-4)16(13)19-14/h5-7,9,11-12,17H,8,10H2,1-4H3. The van der Waals surface area contributed by atoms with Gasteiger partial charge in [0.25, 0.3) is 0 Å². The minimum absolute atomic E-state index is 0.495. The van der Waals surface area contributed by atoms with Gasteiger partial charge in [0, 0.05) is 11.4 Å². The fraction of sp³-hybridized carbons (Fsp3) is 0.500. The van der Waals surface area contributed by atoms with Crippen LogP contribution in [0.25, 0.3) is 11.0 Å². The number of hydrogen-bond donors (Lipinski definition) is 1. The molecule has 19 heavy (non-hydrogen) atoms. The Morgan fingerprint density at radius 1 is 1.26 bits per heavy atom. The normalized spacial score (nSPS) is 13.1. The van der Waals surface area contributed by atoms with Gasteiger partial charge in [-0.15, -0.1) is 0 Å². The Morgan fingerprint density at radius 3 is 2.74 bits per heavy atom. The van der Waals surface area contributed by atoms with Crippen LogP contribution in [0.5, 0.6) is 5.75 Å². The van der Waals surface area contributed by atoms with Crippen molar-refractivity contribution in [2.24, 2.45) is 5.92 Å². The first kappa shape index (κ1) is 13.9. The van der Waals surface area contributed by atoms with E-state index in [1.165, 1.54) is 6.42 Å². The molecule has 0 spiro atoms. The largest absolute Gasteiger partial charge is 0.493 e. The summed E-state index contributed by atoms with van der Waals surface area (Å²) in [4.78, 5) is 0. The first-order valence-corrected chi connectivity index (χ1v) is 6.89. The van der Waals surface area contributed by atoms with Crippen molar-refractivity contribution in [3.05, 3.63) is 30.0 Å². The molecule has 1 atom stereocenters. The van der Waals surface area contributed by atoms with E-state index in [9.17, 15) is 0 Å². The van der Waals surface area contributed by atoms with Crippen molar-refractivity contribution in [3.8, 4) is 5.75 Å². The Balaban J connectivity index is 2.05. The Labute approximate surface area is 114 Å². The molecule has 1 aromatic heterocycles.